The Morgan fingerprint density at radius 1 is 1.41 bits per heavy atom. The third kappa shape index (κ3) is 3.90. The van der Waals surface area contributed by atoms with E-state index in [1.54, 1.807) is 0 Å². The lowest BCUT2D eigenvalue weighted by Gasteiger charge is -2.12. The van der Waals surface area contributed by atoms with Gasteiger partial charge in [0.1, 0.15) is 0 Å². The van der Waals surface area contributed by atoms with Gasteiger partial charge in [0.15, 0.2) is 10.8 Å². The van der Waals surface area contributed by atoms with Crippen LogP contribution < -0.4 is 4.74 Å². The number of hydrogen-bond donors (Lipinski definition) is 0. The Balaban J connectivity index is 3.30. The van der Waals surface area contributed by atoms with E-state index in [0.717, 1.165) is 6.92 Å². The number of aryl methyl sites for hydroxylation is 1. The highest BCUT2D eigenvalue weighted by Crippen LogP contribution is 2.34. The molecule has 1 aromatic rings. The lowest BCUT2D eigenvalue weighted by Crippen LogP contribution is -2.18. The molecular weight excluding hydrogens is 306 g/mol. The summed E-state index contributed by atoms with van der Waals surface area (Å²) in [5.74, 6) is -0.761. The molecule has 0 aliphatic heterocycles. The Bertz CT molecular complexity index is 521. The van der Waals surface area contributed by atoms with E-state index in [2.05, 4.69) is 9.72 Å². The number of hydrogen-bond acceptors (Lipinski definition) is 4. The van der Waals surface area contributed by atoms with Gasteiger partial charge < -0.3 is 4.74 Å². The third-order valence-corrected chi connectivity index (χ3v) is 3.01. The van der Waals surface area contributed by atoms with Crippen molar-refractivity contribution < 1.29 is 26.3 Å². The van der Waals surface area contributed by atoms with Crippen molar-refractivity contribution in [3.63, 3.8) is 0 Å². The second-order valence-corrected chi connectivity index (χ2v) is 5.76. The second-order valence-electron chi connectivity index (χ2n) is 2.84. The van der Waals surface area contributed by atoms with Gasteiger partial charge in [0.25, 0.3) is 9.05 Å². The van der Waals surface area contributed by atoms with Gasteiger partial charge in [-0.15, -0.1) is 13.2 Å². The number of nitrogens with zero attached hydrogens (tertiary/aromatic N) is 1. The van der Waals surface area contributed by atoms with Crippen LogP contribution in [0.5, 0.6) is 5.75 Å². The fourth-order valence-electron chi connectivity index (χ4n) is 0.958. The van der Waals surface area contributed by atoms with Crippen LogP contribution in [0, 0.1) is 6.92 Å². The molecule has 1 aromatic heterocycles. The second kappa shape index (κ2) is 4.51. The zero-order valence-electron chi connectivity index (χ0n) is 8.05. The maximum absolute atomic E-state index is 12.0. The number of halogens is 5. The van der Waals surface area contributed by atoms with E-state index >= 15 is 0 Å². The molecule has 10 heteroatoms. The summed E-state index contributed by atoms with van der Waals surface area (Å²) in [4.78, 5) is 3.36. The Morgan fingerprint density at radius 3 is 2.29 bits per heavy atom. The van der Waals surface area contributed by atoms with Gasteiger partial charge in [0, 0.05) is 10.7 Å². The maximum atomic E-state index is 12.0. The Hall–Kier alpha value is -0.730. The Kier molecular flexibility index (Phi) is 3.80. The van der Waals surface area contributed by atoms with Crippen LogP contribution in [0.1, 0.15) is 5.69 Å². The van der Waals surface area contributed by atoms with Crippen molar-refractivity contribution in [2.24, 2.45) is 0 Å². The molecule has 0 bridgehead atoms. The zero-order valence-corrected chi connectivity index (χ0v) is 10.4. The van der Waals surface area contributed by atoms with Gasteiger partial charge in [-0.3, -0.25) is 0 Å². The molecule has 0 saturated carbocycles. The van der Waals surface area contributed by atoms with Gasteiger partial charge in [-0.25, -0.2) is 13.4 Å². The van der Waals surface area contributed by atoms with Gasteiger partial charge >= 0.3 is 6.36 Å². The minimum Gasteiger partial charge on any atom is -0.402 e. The Labute approximate surface area is 104 Å². The summed E-state index contributed by atoms with van der Waals surface area (Å²) in [6.07, 6.45) is -4.95. The molecular formula is C7H4Cl2F3NO3S. The number of ether oxygens (including phenoxy) is 1. The fraction of sp³-hybridized carbons (Fsp3) is 0.286. The number of aromatic nitrogens is 1. The molecule has 0 aliphatic carbocycles. The van der Waals surface area contributed by atoms with Crippen LogP contribution in [0.4, 0.5) is 13.2 Å². The number of pyridine rings is 1. The molecule has 0 radical (unpaired) electrons. The summed E-state index contributed by atoms with van der Waals surface area (Å²) in [5, 5.41) is -1.19. The summed E-state index contributed by atoms with van der Waals surface area (Å²) in [6, 6.07) is 0.679. The Morgan fingerprint density at radius 2 is 1.94 bits per heavy atom. The van der Waals surface area contributed by atoms with Crippen LogP contribution >= 0.6 is 22.3 Å². The van der Waals surface area contributed by atoms with Gasteiger partial charge in [-0.05, 0) is 13.0 Å². The molecule has 0 atom stereocenters. The van der Waals surface area contributed by atoms with E-state index in [1.807, 2.05) is 0 Å². The highest BCUT2D eigenvalue weighted by molar-refractivity contribution is 8.13. The van der Waals surface area contributed by atoms with Crippen molar-refractivity contribution in [2.45, 2.75) is 18.3 Å². The minimum absolute atomic E-state index is 0.339. The first kappa shape index (κ1) is 14.3. The van der Waals surface area contributed by atoms with Crippen LogP contribution in [0.2, 0.25) is 5.02 Å². The summed E-state index contributed by atoms with van der Waals surface area (Å²) in [7, 11) is 0.808. The maximum Gasteiger partial charge on any atom is 0.573 e. The third-order valence-electron chi connectivity index (χ3n) is 1.54. The largest absolute Gasteiger partial charge is 0.573 e. The highest BCUT2D eigenvalue weighted by Gasteiger charge is 2.33. The quantitative estimate of drug-likeness (QED) is 0.788. The van der Waals surface area contributed by atoms with Crippen LogP contribution in [0.3, 0.4) is 0 Å². The van der Waals surface area contributed by atoms with Crippen LogP contribution in [0.15, 0.2) is 11.1 Å². The first-order valence-corrected chi connectivity index (χ1v) is 6.57. The highest BCUT2D eigenvalue weighted by atomic mass is 35.7. The molecule has 0 saturated heterocycles. The predicted molar refractivity (Wildman–Crippen MR) is 53.7 cm³/mol. The lowest BCUT2D eigenvalue weighted by molar-refractivity contribution is -0.274. The first-order valence-electron chi connectivity index (χ1n) is 3.88. The standard InChI is InChI=1S/C7H4Cl2F3NO3S/c1-3-6(16-7(10,11)12)4(8)2-5(13-3)17(9,14)15/h2H,1H3. The first-order chi connectivity index (χ1) is 7.50. The van der Waals surface area contributed by atoms with Crippen molar-refractivity contribution in [1.82, 2.24) is 4.98 Å². The molecule has 0 aromatic carbocycles. The fourth-order valence-corrected chi connectivity index (χ4v) is 2.04. The smallest absolute Gasteiger partial charge is 0.402 e. The summed E-state index contributed by atoms with van der Waals surface area (Å²) in [5.41, 5.74) is -0.339. The summed E-state index contributed by atoms with van der Waals surface area (Å²) in [6.45, 7) is 1.11. The van der Waals surface area contributed by atoms with Crippen molar-refractivity contribution in [2.75, 3.05) is 0 Å². The van der Waals surface area contributed by atoms with E-state index in [4.69, 9.17) is 22.3 Å². The van der Waals surface area contributed by atoms with Gasteiger partial charge in [0.05, 0.1) is 10.7 Å². The molecule has 4 nitrogen and oxygen atoms in total. The average Bonchev–Trinajstić information content (AvgIpc) is 2.07. The topological polar surface area (TPSA) is 56.3 Å². The van der Waals surface area contributed by atoms with Crippen LogP contribution in [-0.2, 0) is 9.05 Å². The van der Waals surface area contributed by atoms with Gasteiger partial charge in [-0.1, -0.05) is 11.6 Å². The molecule has 0 N–H and O–H groups in total. The van der Waals surface area contributed by atoms with E-state index in [1.165, 1.54) is 0 Å². The molecule has 0 amide bonds. The van der Waals surface area contributed by atoms with E-state index in [-0.39, 0.29) is 5.69 Å². The van der Waals surface area contributed by atoms with E-state index in [9.17, 15) is 21.6 Å². The average molecular weight is 310 g/mol. The van der Waals surface area contributed by atoms with Crippen molar-refractivity contribution >= 4 is 31.3 Å². The lowest BCUT2D eigenvalue weighted by atomic mass is 10.3. The van der Waals surface area contributed by atoms with Gasteiger partial charge in [0.2, 0.25) is 0 Å². The normalized spacial score (nSPS) is 12.6. The molecule has 0 unspecified atom stereocenters. The summed E-state index contributed by atoms with van der Waals surface area (Å²) >= 11 is 5.46. The van der Waals surface area contributed by atoms with Crippen LogP contribution in [0.25, 0.3) is 0 Å². The summed E-state index contributed by atoms with van der Waals surface area (Å²) < 4.78 is 61.4. The molecule has 1 heterocycles. The van der Waals surface area contributed by atoms with Crippen molar-refractivity contribution in [3.8, 4) is 5.75 Å². The zero-order chi connectivity index (χ0) is 13.4. The molecule has 1 rings (SSSR count). The molecule has 96 valence electrons. The SMILES string of the molecule is Cc1nc(S(=O)(=O)Cl)cc(Cl)c1OC(F)(F)F. The van der Waals surface area contributed by atoms with E-state index < -0.39 is 31.2 Å². The minimum atomic E-state index is -4.95. The number of rotatable bonds is 2. The molecule has 0 aliphatic rings. The molecule has 0 spiro atoms. The monoisotopic (exact) mass is 309 g/mol. The van der Waals surface area contributed by atoms with E-state index in [0.29, 0.717) is 6.07 Å². The molecule has 17 heavy (non-hydrogen) atoms. The number of alkyl halides is 3. The van der Waals surface area contributed by atoms with Crippen molar-refractivity contribution in [1.29, 1.82) is 0 Å². The van der Waals surface area contributed by atoms with Crippen molar-refractivity contribution in [3.05, 3.63) is 16.8 Å². The predicted octanol–water partition coefficient (Wildman–Crippen LogP) is 2.87. The molecule has 0 fully saturated rings. The van der Waals surface area contributed by atoms with Crippen LogP contribution in [-0.4, -0.2) is 19.8 Å². The van der Waals surface area contributed by atoms with Gasteiger partial charge in [-0.2, -0.15) is 0 Å².